The Hall–Kier alpha value is -1.27. The second-order valence-electron chi connectivity index (χ2n) is 2.49. The third-order valence-corrected chi connectivity index (χ3v) is 2.48. The van der Waals surface area contributed by atoms with Gasteiger partial charge in [0, 0.05) is 6.54 Å². The second-order valence-corrected chi connectivity index (χ2v) is 3.44. The van der Waals surface area contributed by atoms with E-state index >= 15 is 0 Å². The number of hydrogen-bond donors (Lipinski definition) is 1. The predicted molar refractivity (Wildman–Crippen MR) is 50.2 cm³/mol. The molecule has 2 N–H and O–H groups in total. The zero-order valence-electron chi connectivity index (χ0n) is 6.92. The number of nitrogens with two attached hydrogens (primary N) is 1. The van der Waals surface area contributed by atoms with Crippen molar-refractivity contribution in [1.82, 2.24) is 20.2 Å². The first-order valence-electron chi connectivity index (χ1n) is 3.92. The van der Waals surface area contributed by atoms with Crippen molar-refractivity contribution in [2.75, 3.05) is 6.54 Å². The van der Waals surface area contributed by atoms with E-state index in [0.717, 1.165) is 10.7 Å². The molecule has 0 aromatic carbocycles. The van der Waals surface area contributed by atoms with Gasteiger partial charge in [0.25, 0.3) is 0 Å². The van der Waals surface area contributed by atoms with Gasteiger partial charge in [0.05, 0.1) is 11.4 Å². The SMILES string of the molecule is NCCn1nnnc1-c1cccs1. The first kappa shape index (κ1) is 8.33. The maximum atomic E-state index is 5.43. The number of thiophene rings is 1. The third kappa shape index (κ3) is 1.58. The molecule has 0 spiro atoms. The first-order chi connectivity index (χ1) is 6.42. The van der Waals surface area contributed by atoms with Gasteiger partial charge < -0.3 is 5.73 Å². The minimum absolute atomic E-state index is 0.545. The fraction of sp³-hybridized carbons (Fsp3) is 0.286. The van der Waals surface area contributed by atoms with Gasteiger partial charge in [0.2, 0.25) is 0 Å². The predicted octanol–water partition coefficient (Wildman–Crippen LogP) is 0.360. The summed E-state index contributed by atoms with van der Waals surface area (Å²) in [6.07, 6.45) is 0. The number of rotatable bonds is 3. The molecule has 0 bridgehead atoms. The van der Waals surface area contributed by atoms with Crippen LogP contribution < -0.4 is 5.73 Å². The standard InChI is InChI=1S/C7H9N5S/c8-3-4-12-7(9-10-11-12)6-2-1-5-13-6/h1-2,5H,3-4,8H2. The van der Waals surface area contributed by atoms with Gasteiger partial charge in [-0.15, -0.1) is 16.4 Å². The van der Waals surface area contributed by atoms with Crippen molar-refractivity contribution in [2.24, 2.45) is 5.73 Å². The lowest BCUT2D eigenvalue weighted by atomic mass is 10.4. The van der Waals surface area contributed by atoms with E-state index in [1.807, 2.05) is 17.5 Å². The highest BCUT2D eigenvalue weighted by atomic mass is 32.1. The molecule has 68 valence electrons. The van der Waals surface area contributed by atoms with E-state index in [4.69, 9.17) is 5.73 Å². The number of tetrazole rings is 1. The summed E-state index contributed by atoms with van der Waals surface area (Å²) in [5.41, 5.74) is 5.43. The molecule has 13 heavy (non-hydrogen) atoms. The van der Waals surface area contributed by atoms with E-state index in [9.17, 15) is 0 Å². The molecular formula is C7H9N5S. The van der Waals surface area contributed by atoms with Gasteiger partial charge in [-0.25, -0.2) is 4.68 Å². The maximum absolute atomic E-state index is 5.43. The summed E-state index contributed by atoms with van der Waals surface area (Å²) in [7, 11) is 0. The zero-order valence-corrected chi connectivity index (χ0v) is 7.74. The maximum Gasteiger partial charge on any atom is 0.192 e. The van der Waals surface area contributed by atoms with Gasteiger partial charge in [-0.1, -0.05) is 6.07 Å². The Morgan fingerprint density at radius 3 is 3.15 bits per heavy atom. The molecule has 0 unspecified atom stereocenters. The molecule has 0 aliphatic carbocycles. The summed E-state index contributed by atoms with van der Waals surface area (Å²) in [6.45, 7) is 1.20. The summed E-state index contributed by atoms with van der Waals surface area (Å²) in [6, 6.07) is 3.96. The molecule has 5 nitrogen and oxygen atoms in total. The van der Waals surface area contributed by atoms with Crippen LogP contribution in [-0.4, -0.2) is 26.8 Å². The fourth-order valence-electron chi connectivity index (χ4n) is 1.06. The molecule has 0 radical (unpaired) electrons. The van der Waals surface area contributed by atoms with Crippen molar-refractivity contribution < 1.29 is 0 Å². The van der Waals surface area contributed by atoms with Crippen LogP contribution in [0.2, 0.25) is 0 Å². The lowest BCUT2D eigenvalue weighted by molar-refractivity contribution is 0.603. The van der Waals surface area contributed by atoms with Crippen molar-refractivity contribution >= 4 is 11.3 Å². The van der Waals surface area contributed by atoms with Crippen molar-refractivity contribution in [3.8, 4) is 10.7 Å². The van der Waals surface area contributed by atoms with E-state index in [1.54, 1.807) is 16.0 Å². The smallest absolute Gasteiger partial charge is 0.192 e. The van der Waals surface area contributed by atoms with E-state index in [0.29, 0.717) is 13.1 Å². The van der Waals surface area contributed by atoms with E-state index in [1.165, 1.54) is 0 Å². The minimum atomic E-state index is 0.545. The molecule has 0 saturated carbocycles. The number of nitrogens with zero attached hydrogens (tertiary/aromatic N) is 4. The molecule has 2 rings (SSSR count). The average Bonchev–Trinajstić information content (AvgIpc) is 2.71. The summed E-state index contributed by atoms with van der Waals surface area (Å²) < 4.78 is 1.71. The lowest BCUT2D eigenvalue weighted by Gasteiger charge is -1.98. The van der Waals surface area contributed by atoms with Crippen LogP contribution in [0.1, 0.15) is 0 Å². The highest BCUT2D eigenvalue weighted by molar-refractivity contribution is 7.13. The van der Waals surface area contributed by atoms with Gasteiger partial charge in [0.1, 0.15) is 0 Å². The normalized spacial score (nSPS) is 10.5. The Kier molecular flexibility index (Phi) is 2.33. The highest BCUT2D eigenvalue weighted by Crippen LogP contribution is 2.20. The Bertz CT molecular complexity index is 366. The highest BCUT2D eigenvalue weighted by Gasteiger charge is 2.07. The van der Waals surface area contributed by atoms with Crippen LogP contribution in [0.15, 0.2) is 17.5 Å². The topological polar surface area (TPSA) is 69.6 Å². The summed E-state index contributed by atoms with van der Waals surface area (Å²) in [5, 5.41) is 13.4. The summed E-state index contributed by atoms with van der Waals surface area (Å²) in [4.78, 5) is 1.07. The van der Waals surface area contributed by atoms with Crippen LogP contribution in [0.5, 0.6) is 0 Å². The molecule has 0 saturated heterocycles. The molecule has 2 aromatic heterocycles. The zero-order chi connectivity index (χ0) is 9.10. The van der Waals surface area contributed by atoms with Crippen LogP contribution in [-0.2, 0) is 6.54 Å². The van der Waals surface area contributed by atoms with Crippen molar-refractivity contribution in [3.63, 3.8) is 0 Å². The van der Waals surface area contributed by atoms with Crippen LogP contribution in [0, 0.1) is 0 Å². The number of aromatic nitrogens is 4. The minimum Gasteiger partial charge on any atom is -0.329 e. The van der Waals surface area contributed by atoms with Crippen molar-refractivity contribution in [3.05, 3.63) is 17.5 Å². The van der Waals surface area contributed by atoms with Gasteiger partial charge >= 0.3 is 0 Å². The second kappa shape index (κ2) is 3.63. The van der Waals surface area contributed by atoms with Crippen molar-refractivity contribution in [2.45, 2.75) is 6.54 Å². The summed E-state index contributed by atoms with van der Waals surface area (Å²) >= 11 is 1.62. The van der Waals surface area contributed by atoms with Crippen LogP contribution in [0.3, 0.4) is 0 Å². The van der Waals surface area contributed by atoms with Crippen LogP contribution >= 0.6 is 11.3 Å². The molecule has 6 heteroatoms. The van der Waals surface area contributed by atoms with E-state index < -0.39 is 0 Å². The first-order valence-corrected chi connectivity index (χ1v) is 4.80. The van der Waals surface area contributed by atoms with Crippen LogP contribution in [0.4, 0.5) is 0 Å². The quantitative estimate of drug-likeness (QED) is 0.767. The van der Waals surface area contributed by atoms with Crippen molar-refractivity contribution in [1.29, 1.82) is 0 Å². The molecule has 2 heterocycles. The Morgan fingerprint density at radius 1 is 1.54 bits per heavy atom. The monoisotopic (exact) mass is 195 g/mol. The van der Waals surface area contributed by atoms with Gasteiger partial charge in [-0.2, -0.15) is 0 Å². The van der Waals surface area contributed by atoms with Gasteiger partial charge in [-0.3, -0.25) is 0 Å². The van der Waals surface area contributed by atoms with E-state index in [2.05, 4.69) is 15.5 Å². The Labute approximate surface area is 79.2 Å². The molecule has 0 fully saturated rings. The Balaban J connectivity index is 2.35. The average molecular weight is 195 g/mol. The van der Waals surface area contributed by atoms with Gasteiger partial charge in [0.15, 0.2) is 5.82 Å². The largest absolute Gasteiger partial charge is 0.329 e. The molecular weight excluding hydrogens is 186 g/mol. The van der Waals surface area contributed by atoms with Gasteiger partial charge in [-0.05, 0) is 21.9 Å². The molecule has 0 amide bonds. The number of hydrogen-bond acceptors (Lipinski definition) is 5. The van der Waals surface area contributed by atoms with Crippen LogP contribution in [0.25, 0.3) is 10.7 Å². The summed E-state index contributed by atoms with van der Waals surface area (Å²) in [5.74, 6) is 0.792. The molecule has 2 aromatic rings. The fourth-order valence-corrected chi connectivity index (χ4v) is 1.77. The molecule has 0 aliphatic rings. The molecule has 0 atom stereocenters. The lowest BCUT2D eigenvalue weighted by Crippen LogP contribution is -2.12. The third-order valence-electron chi connectivity index (χ3n) is 1.61. The van der Waals surface area contributed by atoms with E-state index in [-0.39, 0.29) is 0 Å². The Morgan fingerprint density at radius 2 is 2.46 bits per heavy atom. The molecule has 0 aliphatic heterocycles.